The summed E-state index contributed by atoms with van der Waals surface area (Å²) in [4.78, 5) is 0. The maximum atomic E-state index is 9.80. The lowest BCUT2D eigenvalue weighted by molar-refractivity contribution is 0.425. The summed E-state index contributed by atoms with van der Waals surface area (Å²) in [5.74, 6) is 0. The molecule has 0 amide bonds. The maximum Gasteiger partial charge on any atom is 0.489 e. The van der Waals surface area contributed by atoms with Crippen LogP contribution in [0.25, 0.3) is 11.1 Å². The highest BCUT2D eigenvalue weighted by Crippen LogP contribution is 2.22. The lowest BCUT2D eigenvalue weighted by atomic mass is 9.71. The van der Waals surface area contributed by atoms with Crippen molar-refractivity contribution in [2.24, 2.45) is 0 Å². The van der Waals surface area contributed by atoms with E-state index < -0.39 is 7.12 Å². The van der Waals surface area contributed by atoms with Gasteiger partial charge in [-0.15, -0.1) is 0 Å². The average molecular weight is 282 g/mol. The van der Waals surface area contributed by atoms with E-state index in [4.69, 9.17) is 0 Å². The Balaban J connectivity index is 2.41. The predicted molar refractivity (Wildman–Crippen MR) is 89.7 cm³/mol. The van der Waals surface area contributed by atoms with Crippen LogP contribution in [0, 0.1) is 6.92 Å². The predicted octanol–water partition coefficient (Wildman–Crippen LogP) is 3.07. The summed E-state index contributed by atoms with van der Waals surface area (Å²) in [6, 6.07) is 14.0. The molecule has 110 valence electrons. The number of benzene rings is 2. The van der Waals surface area contributed by atoms with Gasteiger partial charge in [0.1, 0.15) is 0 Å². The van der Waals surface area contributed by atoms with Gasteiger partial charge in [0.05, 0.1) is 0 Å². The van der Waals surface area contributed by atoms with E-state index in [0.29, 0.717) is 5.46 Å². The molecule has 0 saturated carbocycles. The van der Waals surface area contributed by atoms with E-state index in [1.807, 2.05) is 43.3 Å². The molecule has 2 nitrogen and oxygen atoms in total. The van der Waals surface area contributed by atoms with E-state index >= 15 is 0 Å². The first-order valence-corrected chi connectivity index (χ1v) is 7.69. The Morgan fingerprint density at radius 1 is 0.952 bits per heavy atom. The lowest BCUT2D eigenvalue weighted by Gasteiger charge is -2.16. The number of hydrogen-bond acceptors (Lipinski definition) is 2. The molecule has 3 heteroatoms. The van der Waals surface area contributed by atoms with Crippen LogP contribution in [0.4, 0.5) is 0 Å². The number of unbranched alkanes of at least 4 members (excludes halogenated alkanes) is 2. The van der Waals surface area contributed by atoms with E-state index in [2.05, 4.69) is 13.0 Å². The third-order valence-electron chi connectivity index (χ3n) is 4.02. The van der Waals surface area contributed by atoms with Crippen LogP contribution >= 0.6 is 0 Å². The van der Waals surface area contributed by atoms with Gasteiger partial charge in [-0.3, -0.25) is 0 Å². The number of rotatable bonds is 6. The summed E-state index contributed by atoms with van der Waals surface area (Å²) in [6.45, 7) is 4.18. The number of aryl methyl sites for hydroxylation is 1. The second-order valence-electron chi connectivity index (χ2n) is 5.51. The van der Waals surface area contributed by atoms with Crippen molar-refractivity contribution in [2.45, 2.75) is 39.5 Å². The molecule has 0 aliphatic carbocycles. The Morgan fingerprint density at radius 2 is 1.67 bits per heavy atom. The average Bonchev–Trinajstić information content (AvgIpc) is 2.49. The second kappa shape index (κ2) is 7.44. The molecule has 0 fully saturated rings. The first-order valence-electron chi connectivity index (χ1n) is 7.69. The van der Waals surface area contributed by atoms with Crippen LogP contribution in [0.1, 0.15) is 37.3 Å². The third kappa shape index (κ3) is 3.75. The fourth-order valence-electron chi connectivity index (χ4n) is 2.81. The molecule has 0 spiro atoms. The molecular formula is C18H23BO2. The Kier molecular flexibility index (Phi) is 5.60. The summed E-state index contributed by atoms with van der Waals surface area (Å²) in [5, 5.41) is 19.6. The van der Waals surface area contributed by atoms with Gasteiger partial charge in [0, 0.05) is 0 Å². The molecule has 0 aliphatic rings. The molecule has 2 rings (SSSR count). The van der Waals surface area contributed by atoms with Gasteiger partial charge >= 0.3 is 7.12 Å². The Morgan fingerprint density at radius 3 is 2.29 bits per heavy atom. The fourth-order valence-corrected chi connectivity index (χ4v) is 2.81. The summed E-state index contributed by atoms with van der Waals surface area (Å²) in [7, 11) is -1.44. The van der Waals surface area contributed by atoms with Gasteiger partial charge in [-0.2, -0.15) is 0 Å². The minimum absolute atomic E-state index is 0.634. The van der Waals surface area contributed by atoms with Crippen LogP contribution in [0.5, 0.6) is 0 Å². The molecule has 21 heavy (non-hydrogen) atoms. The van der Waals surface area contributed by atoms with Gasteiger partial charge in [0.2, 0.25) is 0 Å². The zero-order valence-electron chi connectivity index (χ0n) is 12.8. The van der Waals surface area contributed by atoms with Gasteiger partial charge in [-0.1, -0.05) is 62.2 Å². The van der Waals surface area contributed by atoms with Gasteiger partial charge < -0.3 is 10.0 Å². The van der Waals surface area contributed by atoms with Crippen LogP contribution < -0.4 is 5.46 Å². The monoisotopic (exact) mass is 282 g/mol. The molecule has 0 aromatic heterocycles. The van der Waals surface area contributed by atoms with E-state index in [-0.39, 0.29) is 0 Å². The quantitative estimate of drug-likeness (QED) is 0.631. The van der Waals surface area contributed by atoms with Crippen molar-refractivity contribution in [1.82, 2.24) is 0 Å². The van der Waals surface area contributed by atoms with Crippen LogP contribution in [-0.2, 0) is 6.42 Å². The van der Waals surface area contributed by atoms with E-state index in [9.17, 15) is 10.0 Å². The maximum absolute atomic E-state index is 9.80. The number of hydrogen-bond donors (Lipinski definition) is 2. The van der Waals surface area contributed by atoms with E-state index in [1.54, 1.807) is 0 Å². The molecule has 0 atom stereocenters. The third-order valence-corrected chi connectivity index (χ3v) is 4.02. The second-order valence-corrected chi connectivity index (χ2v) is 5.51. The Bertz CT molecular complexity index is 579. The summed E-state index contributed by atoms with van der Waals surface area (Å²) < 4.78 is 0. The van der Waals surface area contributed by atoms with E-state index in [0.717, 1.165) is 29.5 Å². The SMILES string of the molecule is CCCCCc1ccc(-c2ccccc2)c(B(O)O)c1C. The smallest absolute Gasteiger partial charge is 0.423 e. The minimum atomic E-state index is -1.44. The molecule has 2 aromatic rings. The lowest BCUT2D eigenvalue weighted by Crippen LogP contribution is -2.34. The molecule has 0 saturated heterocycles. The van der Waals surface area contributed by atoms with Crippen molar-refractivity contribution in [3.05, 3.63) is 53.6 Å². The molecule has 2 aromatic carbocycles. The van der Waals surface area contributed by atoms with Gasteiger partial charge in [-0.05, 0) is 47.5 Å². The molecule has 0 bridgehead atoms. The topological polar surface area (TPSA) is 40.5 Å². The largest absolute Gasteiger partial charge is 0.489 e. The highest BCUT2D eigenvalue weighted by Gasteiger charge is 2.21. The molecule has 0 unspecified atom stereocenters. The van der Waals surface area contributed by atoms with Crippen molar-refractivity contribution < 1.29 is 10.0 Å². The van der Waals surface area contributed by atoms with Crippen molar-refractivity contribution in [1.29, 1.82) is 0 Å². The van der Waals surface area contributed by atoms with Crippen LogP contribution in [0.3, 0.4) is 0 Å². The summed E-state index contributed by atoms with van der Waals surface area (Å²) >= 11 is 0. The zero-order valence-corrected chi connectivity index (χ0v) is 12.8. The highest BCUT2D eigenvalue weighted by molar-refractivity contribution is 6.61. The highest BCUT2D eigenvalue weighted by atomic mass is 16.4. The summed E-state index contributed by atoms with van der Waals surface area (Å²) in [5.41, 5.74) is 4.77. The molecular weight excluding hydrogens is 259 g/mol. The van der Waals surface area contributed by atoms with Crippen molar-refractivity contribution in [3.63, 3.8) is 0 Å². The minimum Gasteiger partial charge on any atom is -0.423 e. The summed E-state index contributed by atoms with van der Waals surface area (Å²) in [6.07, 6.45) is 4.53. The normalized spacial score (nSPS) is 10.7. The van der Waals surface area contributed by atoms with Gasteiger partial charge in [-0.25, -0.2) is 0 Å². The van der Waals surface area contributed by atoms with Gasteiger partial charge in [0.15, 0.2) is 0 Å². The zero-order chi connectivity index (χ0) is 15.2. The van der Waals surface area contributed by atoms with Crippen LogP contribution in [0.2, 0.25) is 0 Å². The van der Waals surface area contributed by atoms with Gasteiger partial charge in [0.25, 0.3) is 0 Å². The first kappa shape index (κ1) is 15.8. The van der Waals surface area contributed by atoms with E-state index in [1.165, 1.54) is 18.4 Å². The Hall–Kier alpha value is -1.58. The molecule has 0 aliphatic heterocycles. The molecule has 2 N–H and O–H groups in total. The fraction of sp³-hybridized carbons (Fsp3) is 0.333. The Labute approximate surface area is 127 Å². The first-order chi connectivity index (χ1) is 10.1. The van der Waals surface area contributed by atoms with Crippen LogP contribution in [0.15, 0.2) is 42.5 Å². The van der Waals surface area contributed by atoms with Crippen molar-refractivity contribution in [2.75, 3.05) is 0 Å². The molecule has 0 heterocycles. The standard InChI is InChI=1S/C18H23BO2/c1-3-4-6-9-15-12-13-17(16-10-7-5-8-11-16)18(14(15)2)19(20)21/h5,7-8,10-13,20-21H,3-4,6,9H2,1-2H3. The van der Waals surface area contributed by atoms with Crippen molar-refractivity contribution in [3.8, 4) is 11.1 Å². The van der Waals surface area contributed by atoms with Crippen molar-refractivity contribution >= 4 is 12.6 Å². The molecule has 0 radical (unpaired) electrons. The van der Waals surface area contributed by atoms with Crippen LogP contribution in [-0.4, -0.2) is 17.2 Å².